The van der Waals surface area contributed by atoms with Gasteiger partial charge in [0.25, 0.3) is 0 Å². The minimum Gasteiger partial charge on any atom is -0.340 e. The first-order chi connectivity index (χ1) is 6.04. The van der Waals surface area contributed by atoms with Crippen molar-refractivity contribution in [1.29, 1.82) is 0 Å². The van der Waals surface area contributed by atoms with Gasteiger partial charge in [-0.1, -0.05) is 13.8 Å². The molecule has 1 atom stereocenters. The van der Waals surface area contributed by atoms with Gasteiger partial charge < -0.3 is 10.6 Å². The lowest BCUT2D eigenvalue weighted by molar-refractivity contribution is -0.136. The summed E-state index contributed by atoms with van der Waals surface area (Å²) in [6.07, 6.45) is 1.00. The molecule has 0 aromatic heterocycles. The fraction of sp³-hybridized carbons (Fsp3) is 0.900. The molecule has 1 amide bonds. The van der Waals surface area contributed by atoms with Crippen molar-refractivity contribution in [1.82, 2.24) is 4.90 Å². The van der Waals surface area contributed by atoms with Crippen LogP contribution in [0.2, 0.25) is 0 Å². The van der Waals surface area contributed by atoms with Gasteiger partial charge in [0.2, 0.25) is 5.91 Å². The maximum Gasteiger partial charge on any atom is 0.226 e. The summed E-state index contributed by atoms with van der Waals surface area (Å²) in [5.41, 5.74) is 5.46. The standard InChI is InChI=1S/C10H22N2O/c1-5-6-12(8(2)3)10(13)9(4)7-11/h8-9H,5-7,11H2,1-4H3. The van der Waals surface area contributed by atoms with E-state index < -0.39 is 0 Å². The van der Waals surface area contributed by atoms with E-state index in [4.69, 9.17) is 5.73 Å². The molecule has 0 aliphatic carbocycles. The Morgan fingerprint density at radius 1 is 1.38 bits per heavy atom. The second-order valence-electron chi connectivity index (χ2n) is 3.76. The Kier molecular flexibility index (Phi) is 5.71. The number of nitrogens with two attached hydrogens (primary N) is 1. The van der Waals surface area contributed by atoms with Crippen molar-refractivity contribution >= 4 is 5.91 Å². The molecule has 0 saturated heterocycles. The molecule has 0 saturated carbocycles. The number of hydrogen-bond acceptors (Lipinski definition) is 2. The molecular weight excluding hydrogens is 164 g/mol. The highest BCUT2D eigenvalue weighted by Crippen LogP contribution is 2.06. The molecule has 0 bridgehead atoms. The van der Waals surface area contributed by atoms with Crippen LogP contribution in [0.1, 0.15) is 34.1 Å². The van der Waals surface area contributed by atoms with E-state index in [-0.39, 0.29) is 17.9 Å². The van der Waals surface area contributed by atoms with Crippen LogP contribution in [-0.2, 0) is 4.79 Å². The van der Waals surface area contributed by atoms with Crippen LogP contribution in [0.5, 0.6) is 0 Å². The lowest BCUT2D eigenvalue weighted by atomic mass is 10.1. The molecule has 0 rings (SSSR count). The molecular formula is C10H22N2O. The van der Waals surface area contributed by atoms with Gasteiger partial charge in [0, 0.05) is 25.0 Å². The molecule has 0 fully saturated rings. The number of hydrogen-bond donors (Lipinski definition) is 1. The van der Waals surface area contributed by atoms with E-state index in [9.17, 15) is 4.79 Å². The van der Waals surface area contributed by atoms with Crippen molar-refractivity contribution < 1.29 is 4.79 Å². The summed E-state index contributed by atoms with van der Waals surface area (Å²) in [7, 11) is 0. The van der Waals surface area contributed by atoms with Gasteiger partial charge in [0.1, 0.15) is 0 Å². The van der Waals surface area contributed by atoms with E-state index in [0.29, 0.717) is 6.54 Å². The van der Waals surface area contributed by atoms with Gasteiger partial charge in [-0.05, 0) is 20.3 Å². The summed E-state index contributed by atoms with van der Waals surface area (Å²) in [5.74, 6) is 0.133. The third-order valence-corrected chi connectivity index (χ3v) is 2.15. The summed E-state index contributed by atoms with van der Waals surface area (Å²) in [6, 6.07) is 0.279. The predicted octanol–water partition coefficient (Wildman–Crippen LogP) is 1.23. The Hall–Kier alpha value is -0.570. The summed E-state index contributed by atoms with van der Waals surface area (Å²) >= 11 is 0. The SMILES string of the molecule is CCCN(C(=O)C(C)CN)C(C)C. The number of carbonyl (C=O) groups is 1. The van der Waals surface area contributed by atoms with E-state index in [1.807, 2.05) is 25.7 Å². The van der Waals surface area contributed by atoms with Crippen molar-refractivity contribution in [3.8, 4) is 0 Å². The van der Waals surface area contributed by atoms with Crippen LogP contribution in [0, 0.1) is 5.92 Å². The van der Waals surface area contributed by atoms with Gasteiger partial charge in [0.15, 0.2) is 0 Å². The second-order valence-corrected chi connectivity index (χ2v) is 3.76. The summed E-state index contributed by atoms with van der Waals surface area (Å²) in [4.78, 5) is 13.7. The van der Waals surface area contributed by atoms with Crippen LogP contribution >= 0.6 is 0 Å². The smallest absolute Gasteiger partial charge is 0.226 e. The molecule has 78 valence electrons. The van der Waals surface area contributed by atoms with Crippen LogP contribution in [0.4, 0.5) is 0 Å². The molecule has 3 nitrogen and oxygen atoms in total. The Labute approximate surface area is 81.3 Å². The normalized spacial score (nSPS) is 13.1. The highest BCUT2D eigenvalue weighted by molar-refractivity contribution is 5.78. The van der Waals surface area contributed by atoms with Crippen molar-refractivity contribution in [2.24, 2.45) is 11.7 Å². The molecule has 13 heavy (non-hydrogen) atoms. The number of amides is 1. The minimum atomic E-state index is -0.0473. The minimum absolute atomic E-state index is 0.0473. The van der Waals surface area contributed by atoms with Crippen LogP contribution in [0.25, 0.3) is 0 Å². The maximum atomic E-state index is 11.8. The van der Waals surface area contributed by atoms with Gasteiger partial charge in [0.05, 0.1) is 0 Å². The van der Waals surface area contributed by atoms with Gasteiger partial charge in [-0.15, -0.1) is 0 Å². The van der Waals surface area contributed by atoms with Crippen LogP contribution < -0.4 is 5.73 Å². The number of rotatable bonds is 5. The monoisotopic (exact) mass is 186 g/mol. The van der Waals surface area contributed by atoms with Crippen LogP contribution in [0.3, 0.4) is 0 Å². The van der Waals surface area contributed by atoms with Crippen LogP contribution in [0.15, 0.2) is 0 Å². The van der Waals surface area contributed by atoms with Gasteiger partial charge in [-0.25, -0.2) is 0 Å². The Bertz CT molecular complexity index is 157. The van der Waals surface area contributed by atoms with E-state index >= 15 is 0 Å². The summed E-state index contributed by atoms with van der Waals surface area (Å²) in [6.45, 7) is 9.31. The highest BCUT2D eigenvalue weighted by Gasteiger charge is 2.20. The Morgan fingerprint density at radius 3 is 2.23 bits per heavy atom. The van der Waals surface area contributed by atoms with E-state index in [1.165, 1.54) is 0 Å². The largest absolute Gasteiger partial charge is 0.340 e. The van der Waals surface area contributed by atoms with E-state index in [0.717, 1.165) is 13.0 Å². The van der Waals surface area contributed by atoms with Crippen molar-refractivity contribution in [2.75, 3.05) is 13.1 Å². The predicted molar refractivity (Wildman–Crippen MR) is 55.4 cm³/mol. The fourth-order valence-corrected chi connectivity index (χ4v) is 1.25. The quantitative estimate of drug-likeness (QED) is 0.702. The zero-order chi connectivity index (χ0) is 10.4. The topological polar surface area (TPSA) is 46.3 Å². The average molecular weight is 186 g/mol. The first-order valence-electron chi connectivity index (χ1n) is 5.05. The molecule has 0 aromatic carbocycles. The lowest BCUT2D eigenvalue weighted by Gasteiger charge is -2.28. The number of carbonyl (C=O) groups excluding carboxylic acids is 1. The molecule has 0 aromatic rings. The van der Waals surface area contributed by atoms with Crippen molar-refractivity contribution in [3.63, 3.8) is 0 Å². The molecule has 1 unspecified atom stereocenters. The molecule has 0 radical (unpaired) electrons. The van der Waals surface area contributed by atoms with E-state index in [2.05, 4.69) is 6.92 Å². The van der Waals surface area contributed by atoms with Gasteiger partial charge in [-0.2, -0.15) is 0 Å². The van der Waals surface area contributed by atoms with Crippen molar-refractivity contribution in [3.05, 3.63) is 0 Å². The molecule has 0 aliphatic rings. The molecule has 0 spiro atoms. The second kappa shape index (κ2) is 5.97. The molecule has 0 aliphatic heterocycles. The first kappa shape index (κ1) is 12.4. The number of nitrogens with zero attached hydrogens (tertiary/aromatic N) is 1. The van der Waals surface area contributed by atoms with Crippen molar-refractivity contribution in [2.45, 2.75) is 40.2 Å². The molecule has 2 N–H and O–H groups in total. The average Bonchev–Trinajstić information content (AvgIpc) is 2.11. The van der Waals surface area contributed by atoms with E-state index in [1.54, 1.807) is 0 Å². The fourth-order valence-electron chi connectivity index (χ4n) is 1.25. The highest BCUT2D eigenvalue weighted by atomic mass is 16.2. The summed E-state index contributed by atoms with van der Waals surface area (Å²) in [5, 5.41) is 0. The van der Waals surface area contributed by atoms with Gasteiger partial charge in [-0.3, -0.25) is 4.79 Å². The van der Waals surface area contributed by atoms with Gasteiger partial charge >= 0.3 is 0 Å². The van der Waals surface area contributed by atoms with Crippen LogP contribution in [-0.4, -0.2) is 29.9 Å². The zero-order valence-corrected chi connectivity index (χ0v) is 9.21. The third kappa shape index (κ3) is 3.77. The maximum absolute atomic E-state index is 11.8. The zero-order valence-electron chi connectivity index (χ0n) is 9.21. The Balaban J connectivity index is 4.27. The molecule has 3 heteroatoms. The first-order valence-corrected chi connectivity index (χ1v) is 5.05. The Morgan fingerprint density at radius 2 is 1.92 bits per heavy atom. The molecule has 0 heterocycles. The summed E-state index contributed by atoms with van der Waals surface area (Å²) < 4.78 is 0. The third-order valence-electron chi connectivity index (χ3n) is 2.15. The lowest BCUT2D eigenvalue weighted by Crippen LogP contribution is -2.42.